The SMILES string of the molecule is CC(C)CN(C(=O)c1cccc(I)c1)c1c(N)n(CC(C)C)c(=O)[nH]c1=O. The Morgan fingerprint density at radius 3 is 2.44 bits per heavy atom. The second-order valence-electron chi connectivity index (χ2n) is 7.32. The maximum Gasteiger partial charge on any atom is 0.330 e. The fourth-order valence-corrected chi connectivity index (χ4v) is 3.35. The second-order valence-corrected chi connectivity index (χ2v) is 8.56. The van der Waals surface area contributed by atoms with E-state index in [1.807, 2.05) is 33.8 Å². The van der Waals surface area contributed by atoms with Crippen LogP contribution in [0.5, 0.6) is 0 Å². The van der Waals surface area contributed by atoms with E-state index >= 15 is 0 Å². The lowest BCUT2D eigenvalue weighted by Gasteiger charge is -2.26. The molecule has 1 aromatic heterocycles. The van der Waals surface area contributed by atoms with Gasteiger partial charge >= 0.3 is 5.69 Å². The molecule has 0 aliphatic carbocycles. The summed E-state index contributed by atoms with van der Waals surface area (Å²) in [4.78, 5) is 41.6. The summed E-state index contributed by atoms with van der Waals surface area (Å²) < 4.78 is 2.23. The minimum absolute atomic E-state index is 0.0112. The number of carbonyl (C=O) groups is 1. The molecule has 7 nitrogen and oxygen atoms in total. The number of nitrogen functional groups attached to an aromatic ring is 1. The Hall–Kier alpha value is -2.10. The van der Waals surface area contributed by atoms with Crippen molar-refractivity contribution in [1.29, 1.82) is 0 Å². The van der Waals surface area contributed by atoms with E-state index in [4.69, 9.17) is 5.73 Å². The maximum absolute atomic E-state index is 13.2. The molecule has 0 atom stereocenters. The van der Waals surface area contributed by atoms with Crippen LogP contribution in [-0.4, -0.2) is 22.0 Å². The van der Waals surface area contributed by atoms with Crippen molar-refractivity contribution in [3.63, 3.8) is 0 Å². The van der Waals surface area contributed by atoms with Gasteiger partial charge in [0.1, 0.15) is 5.82 Å². The van der Waals surface area contributed by atoms with Gasteiger partial charge < -0.3 is 10.6 Å². The van der Waals surface area contributed by atoms with Gasteiger partial charge in [-0.2, -0.15) is 0 Å². The van der Waals surface area contributed by atoms with Gasteiger partial charge in [0.15, 0.2) is 5.69 Å². The van der Waals surface area contributed by atoms with E-state index in [1.54, 1.807) is 18.2 Å². The minimum Gasteiger partial charge on any atom is -0.383 e. The number of anilines is 2. The Bertz CT molecular complexity index is 947. The van der Waals surface area contributed by atoms with Gasteiger partial charge in [-0.1, -0.05) is 33.8 Å². The van der Waals surface area contributed by atoms with Crippen LogP contribution in [0.4, 0.5) is 11.5 Å². The van der Waals surface area contributed by atoms with E-state index in [0.717, 1.165) is 3.57 Å². The van der Waals surface area contributed by atoms with Crippen molar-refractivity contribution in [1.82, 2.24) is 9.55 Å². The fourth-order valence-electron chi connectivity index (χ4n) is 2.80. The third kappa shape index (κ3) is 5.00. The number of nitrogens with two attached hydrogens (primary N) is 1. The first-order valence-corrected chi connectivity index (χ1v) is 9.89. The molecule has 0 aliphatic rings. The fraction of sp³-hybridized carbons (Fsp3) is 0.421. The number of amides is 1. The quantitative estimate of drug-likeness (QED) is 0.616. The molecule has 27 heavy (non-hydrogen) atoms. The van der Waals surface area contributed by atoms with Crippen LogP contribution in [0.25, 0.3) is 0 Å². The third-order valence-corrected chi connectivity index (χ3v) is 4.57. The number of benzene rings is 1. The van der Waals surface area contributed by atoms with E-state index in [2.05, 4.69) is 27.6 Å². The Labute approximate surface area is 171 Å². The molecule has 0 radical (unpaired) electrons. The highest BCUT2D eigenvalue weighted by Gasteiger charge is 2.26. The highest BCUT2D eigenvalue weighted by molar-refractivity contribution is 14.1. The summed E-state index contributed by atoms with van der Waals surface area (Å²) >= 11 is 2.13. The molecule has 1 aromatic carbocycles. The number of H-pyrrole nitrogens is 1. The lowest BCUT2D eigenvalue weighted by Crippen LogP contribution is -2.43. The zero-order chi connectivity index (χ0) is 20.3. The molecule has 0 unspecified atom stereocenters. The number of nitrogens with zero attached hydrogens (tertiary/aromatic N) is 2. The van der Waals surface area contributed by atoms with Crippen molar-refractivity contribution in [2.24, 2.45) is 11.8 Å². The summed E-state index contributed by atoms with van der Waals surface area (Å²) in [6, 6.07) is 7.13. The van der Waals surface area contributed by atoms with Crippen LogP contribution >= 0.6 is 22.6 Å². The summed E-state index contributed by atoms with van der Waals surface area (Å²) in [5, 5.41) is 0. The Morgan fingerprint density at radius 2 is 1.89 bits per heavy atom. The summed E-state index contributed by atoms with van der Waals surface area (Å²) in [7, 11) is 0. The van der Waals surface area contributed by atoms with Crippen LogP contribution < -0.4 is 21.9 Å². The van der Waals surface area contributed by atoms with Gasteiger partial charge in [-0.05, 0) is 52.6 Å². The van der Waals surface area contributed by atoms with E-state index in [0.29, 0.717) is 18.7 Å². The number of aromatic nitrogens is 2. The zero-order valence-corrected chi connectivity index (χ0v) is 18.1. The maximum atomic E-state index is 13.2. The normalized spacial score (nSPS) is 11.2. The van der Waals surface area contributed by atoms with Crippen LogP contribution in [-0.2, 0) is 6.54 Å². The summed E-state index contributed by atoms with van der Waals surface area (Å²) in [6.07, 6.45) is 0. The first kappa shape index (κ1) is 21.2. The van der Waals surface area contributed by atoms with E-state index in [-0.39, 0.29) is 29.2 Å². The number of carbonyl (C=O) groups excluding carboxylic acids is 1. The van der Waals surface area contributed by atoms with Gasteiger partial charge in [0, 0.05) is 22.2 Å². The van der Waals surface area contributed by atoms with Gasteiger partial charge in [-0.25, -0.2) is 4.79 Å². The molecular weight excluding hydrogens is 459 g/mol. The first-order valence-electron chi connectivity index (χ1n) is 8.81. The smallest absolute Gasteiger partial charge is 0.330 e. The number of aromatic amines is 1. The number of nitrogens with one attached hydrogen (secondary N) is 1. The zero-order valence-electron chi connectivity index (χ0n) is 16.0. The molecule has 0 spiro atoms. The third-order valence-electron chi connectivity index (χ3n) is 3.90. The van der Waals surface area contributed by atoms with E-state index < -0.39 is 11.2 Å². The first-order chi connectivity index (χ1) is 12.6. The summed E-state index contributed by atoms with van der Waals surface area (Å²) in [5.41, 5.74) is 5.46. The molecule has 0 aliphatic heterocycles. The number of rotatable bonds is 6. The molecule has 146 valence electrons. The van der Waals surface area contributed by atoms with Crippen molar-refractivity contribution in [2.45, 2.75) is 34.2 Å². The van der Waals surface area contributed by atoms with Gasteiger partial charge in [0.2, 0.25) is 0 Å². The highest BCUT2D eigenvalue weighted by atomic mass is 127. The van der Waals surface area contributed by atoms with Crippen LogP contribution in [0, 0.1) is 15.4 Å². The summed E-state index contributed by atoms with van der Waals surface area (Å²) in [5.74, 6) is -0.0686. The van der Waals surface area contributed by atoms with E-state index in [1.165, 1.54) is 9.47 Å². The number of halogens is 1. The van der Waals surface area contributed by atoms with Crippen LogP contribution in [0.3, 0.4) is 0 Å². The predicted molar refractivity (Wildman–Crippen MR) is 116 cm³/mol. The van der Waals surface area contributed by atoms with Crippen molar-refractivity contribution >= 4 is 40.0 Å². The molecule has 0 bridgehead atoms. The standard InChI is InChI=1S/C19H25IN4O3/c1-11(2)9-23(18(26)13-6-5-7-14(20)8-13)15-16(21)24(10-12(3)4)19(27)22-17(15)25/h5-8,11-12H,9-10,21H2,1-4H3,(H,22,25,27). The molecule has 0 saturated carbocycles. The molecule has 3 N–H and O–H groups in total. The molecule has 8 heteroatoms. The van der Waals surface area contributed by atoms with Crippen molar-refractivity contribution in [3.8, 4) is 0 Å². The van der Waals surface area contributed by atoms with Crippen molar-refractivity contribution in [3.05, 3.63) is 54.2 Å². The molecule has 0 saturated heterocycles. The minimum atomic E-state index is -0.655. The van der Waals surface area contributed by atoms with Crippen molar-refractivity contribution < 1.29 is 4.79 Å². The molecule has 2 aromatic rings. The molecule has 2 rings (SSSR count). The second kappa shape index (κ2) is 8.73. The monoisotopic (exact) mass is 484 g/mol. The van der Waals surface area contributed by atoms with Crippen LogP contribution in [0.15, 0.2) is 33.9 Å². The summed E-state index contributed by atoms with van der Waals surface area (Å²) in [6.45, 7) is 8.44. The lowest BCUT2D eigenvalue weighted by atomic mass is 10.1. The van der Waals surface area contributed by atoms with Crippen molar-refractivity contribution in [2.75, 3.05) is 17.2 Å². The van der Waals surface area contributed by atoms with Crippen LogP contribution in [0.2, 0.25) is 0 Å². The Morgan fingerprint density at radius 1 is 1.22 bits per heavy atom. The van der Waals surface area contributed by atoms with Gasteiger partial charge in [0.25, 0.3) is 11.5 Å². The number of hydrogen-bond donors (Lipinski definition) is 2. The largest absolute Gasteiger partial charge is 0.383 e. The van der Waals surface area contributed by atoms with Gasteiger partial charge in [-0.3, -0.25) is 19.1 Å². The Kier molecular flexibility index (Phi) is 6.85. The molecule has 1 heterocycles. The molecular formula is C19H25IN4O3. The lowest BCUT2D eigenvalue weighted by molar-refractivity contribution is 0.0983. The topological polar surface area (TPSA) is 101 Å². The molecule has 0 fully saturated rings. The highest BCUT2D eigenvalue weighted by Crippen LogP contribution is 2.22. The average Bonchev–Trinajstić information content (AvgIpc) is 2.56. The van der Waals surface area contributed by atoms with E-state index in [9.17, 15) is 14.4 Å². The molecule has 1 amide bonds. The van der Waals surface area contributed by atoms with Crippen LogP contribution in [0.1, 0.15) is 38.1 Å². The average molecular weight is 484 g/mol. The van der Waals surface area contributed by atoms with Gasteiger partial charge in [-0.15, -0.1) is 0 Å². The Balaban J connectivity index is 2.65. The number of hydrogen-bond acceptors (Lipinski definition) is 4. The predicted octanol–water partition coefficient (Wildman–Crippen LogP) is 2.68. The van der Waals surface area contributed by atoms with Gasteiger partial charge in [0.05, 0.1) is 0 Å².